The number of rotatable bonds is 4. The molecule has 0 spiro atoms. The van der Waals surface area contributed by atoms with E-state index in [0.29, 0.717) is 38.3 Å². The Kier molecular flexibility index (Phi) is 5.20. The van der Waals surface area contributed by atoms with E-state index < -0.39 is 10.0 Å². The predicted octanol–water partition coefficient (Wildman–Crippen LogP) is 1.58. The van der Waals surface area contributed by atoms with Gasteiger partial charge in [-0.15, -0.1) is 0 Å². The van der Waals surface area contributed by atoms with E-state index in [0.717, 1.165) is 16.5 Å². The number of nitrogens with one attached hydrogen (secondary N) is 1. The van der Waals surface area contributed by atoms with Gasteiger partial charge in [0.05, 0.1) is 22.6 Å². The fourth-order valence-corrected chi connectivity index (χ4v) is 4.35. The number of nitrogens with zero attached hydrogens (tertiary/aromatic N) is 3. The molecule has 1 amide bonds. The van der Waals surface area contributed by atoms with Crippen molar-refractivity contribution < 1.29 is 13.2 Å². The average molecular weight is 423 g/mol. The second-order valence-electron chi connectivity index (χ2n) is 7.24. The highest BCUT2D eigenvalue weighted by molar-refractivity contribution is 7.89. The smallest absolute Gasteiger partial charge is 0.238 e. The number of carbonyl (C=O) groups is 1. The van der Waals surface area contributed by atoms with Crippen molar-refractivity contribution in [1.82, 2.24) is 9.88 Å². The van der Waals surface area contributed by atoms with E-state index in [9.17, 15) is 18.5 Å². The number of sulfonamides is 1. The Hall–Kier alpha value is -3.35. The zero-order chi connectivity index (χ0) is 21.3. The molecule has 1 fully saturated rings. The highest BCUT2D eigenvalue weighted by atomic mass is 32.2. The van der Waals surface area contributed by atoms with Crippen molar-refractivity contribution in [2.24, 2.45) is 5.14 Å². The molecule has 0 radical (unpaired) electrons. The van der Waals surface area contributed by atoms with Crippen LogP contribution in [0.1, 0.15) is 11.1 Å². The number of anilines is 1. The number of piperazine rings is 1. The first-order chi connectivity index (χ1) is 14.4. The summed E-state index contributed by atoms with van der Waals surface area (Å²) in [5.41, 5.74) is 2.88. The molecule has 2 heterocycles. The molecule has 154 valence electrons. The normalized spacial score (nSPS) is 14.7. The van der Waals surface area contributed by atoms with E-state index in [4.69, 9.17) is 5.14 Å². The second kappa shape index (κ2) is 7.82. The van der Waals surface area contributed by atoms with Crippen LogP contribution in [-0.2, 0) is 21.2 Å². The number of carbonyl (C=O) groups excluding carboxylic acids is 1. The maximum Gasteiger partial charge on any atom is 0.238 e. The summed E-state index contributed by atoms with van der Waals surface area (Å²) < 4.78 is 23.1. The summed E-state index contributed by atoms with van der Waals surface area (Å²) in [5.74, 6) is 0.0597. The molecule has 0 unspecified atom stereocenters. The number of nitriles is 1. The quantitative estimate of drug-likeness (QED) is 0.659. The molecule has 3 aromatic rings. The van der Waals surface area contributed by atoms with Crippen LogP contribution >= 0.6 is 0 Å². The van der Waals surface area contributed by atoms with Crippen LogP contribution in [0.15, 0.2) is 53.6 Å². The molecule has 3 N–H and O–H groups in total. The summed E-state index contributed by atoms with van der Waals surface area (Å²) in [6, 6.07) is 14.2. The number of fused-ring (bicyclic) bond motifs is 1. The standard InChI is InChI=1S/C21H21N5O3S/c22-13-15-11-17(30(23,28)29)5-6-20(15)25-7-9-26(10-8-25)21(27)12-16-14-24-19-4-2-1-3-18(16)19/h1-6,11,14,24H,7-10,12H2,(H2,23,28,29). The van der Waals surface area contributed by atoms with E-state index in [-0.39, 0.29) is 16.4 Å². The first kappa shape index (κ1) is 19.9. The number of amides is 1. The number of hydrogen-bond donors (Lipinski definition) is 2. The third kappa shape index (κ3) is 3.87. The van der Waals surface area contributed by atoms with Crippen LogP contribution in [-0.4, -0.2) is 50.4 Å². The van der Waals surface area contributed by atoms with Crippen LogP contribution in [0.2, 0.25) is 0 Å². The highest BCUT2D eigenvalue weighted by Crippen LogP contribution is 2.25. The Labute approximate surface area is 174 Å². The van der Waals surface area contributed by atoms with Gasteiger partial charge in [0.15, 0.2) is 0 Å². The molecule has 0 aliphatic carbocycles. The number of aromatic nitrogens is 1. The summed E-state index contributed by atoms with van der Waals surface area (Å²) in [6.45, 7) is 2.18. The van der Waals surface area contributed by atoms with Crippen LogP contribution in [0.4, 0.5) is 5.69 Å². The van der Waals surface area contributed by atoms with Gasteiger partial charge in [-0.2, -0.15) is 5.26 Å². The van der Waals surface area contributed by atoms with Crippen molar-refractivity contribution in [2.45, 2.75) is 11.3 Å². The van der Waals surface area contributed by atoms with E-state index in [1.807, 2.05) is 46.3 Å². The molecule has 0 bridgehead atoms. The number of primary sulfonamides is 1. The number of aromatic amines is 1. The third-order valence-electron chi connectivity index (χ3n) is 5.41. The molecule has 2 aromatic carbocycles. The molecular formula is C21H21N5O3S. The lowest BCUT2D eigenvalue weighted by Crippen LogP contribution is -2.49. The molecule has 1 aliphatic rings. The fraction of sp³-hybridized carbons (Fsp3) is 0.238. The third-order valence-corrected chi connectivity index (χ3v) is 6.32. The van der Waals surface area contributed by atoms with Gasteiger partial charge in [0, 0.05) is 43.3 Å². The first-order valence-corrected chi connectivity index (χ1v) is 11.1. The fourth-order valence-electron chi connectivity index (χ4n) is 3.81. The summed E-state index contributed by atoms with van der Waals surface area (Å²) in [7, 11) is -3.87. The molecule has 1 saturated heterocycles. The first-order valence-electron chi connectivity index (χ1n) is 9.51. The van der Waals surface area contributed by atoms with E-state index >= 15 is 0 Å². The molecule has 1 aliphatic heterocycles. The second-order valence-corrected chi connectivity index (χ2v) is 8.80. The predicted molar refractivity (Wildman–Crippen MR) is 113 cm³/mol. The van der Waals surface area contributed by atoms with Gasteiger partial charge in [0.1, 0.15) is 6.07 Å². The average Bonchev–Trinajstić information content (AvgIpc) is 3.15. The number of hydrogen-bond acceptors (Lipinski definition) is 5. The number of H-pyrrole nitrogens is 1. The van der Waals surface area contributed by atoms with Gasteiger partial charge in [-0.3, -0.25) is 4.79 Å². The van der Waals surface area contributed by atoms with Gasteiger partial charge < -0.3 is 14.8 Å². The SMILES string of the molecule is N#Cc1cc(S(N)(=O)=O)ccc1N1CCN(C(=O)Cc2c[nH]c3ccccc23)CC1. The van der Waals surface area contributed by atoms with Gasteiger partial charge in [-0.25, -0.2) is 13.6 Å². The molecule has 30 heavy (non-hydrogen) atoms. The van der Waals surface area contributed by atoms with E-state index in [1.54, 1.807) is 6.07 Å². The Morgan fingerprint density at radius 2 is 1.87 bits per heavy atom. The van der Waals surface area contributed by atoms with Crippen molar-refractivity contribution in [1.29, 1.82) is 5.26 Å². The van der Waals surface area contributed by atoms with Crippen molar-refractivity contribution in [3.8, 4) is 6.07 Å². The van der Waals surface area contributed by atoms with Gasteiger partial charge in [-0.05, 0) is 29.8 Å². The molecule has 0 saturated carbocycles. The molecule has 8 nitrogen and oxygen atoms in total. The Morgan fingerprint density at radius 1 is 1.13 bits per heavy atom. The summed E-state index contributed by atoms with van der Waals surface area (Å²) in [4.78, 5) is 19.7. The van der Waals surface area contributed by atoms with Gasteiger partial charge in [0.25, 0.3) is 0 Å². The van der Waals surface area contributed by atoms with Gasteiger partial charge in [-0.1, -0.05) is 18.2 Å². The van der Waals surface area contributed by atoms with Crippen LogP contribution in [0, 0.1) is 11.3 Å². The number of nitrogens with two attached hydrogens (primary N) is 1. The summed E-state index contributed by atoms with van der Waals surface area (Å²) in [6.07, 6.45) is 2.21. The lowest BCUT2D eigenvalue weighted by Gasteiger charge is -2.36. The molecule has 0 atom stereocenters. The van der Waals surface area contributed by atoms with Gasteiger partial charge >= 0.3 is 0 Å². The summed E-state index contributed by atoms with van der Waals surface area (Å²) >= 11 is 0. The molecule has 9 heteroatoms. The van der Waals surface area contributed by atoms with Crippen LogP contribution in [0.5, 0.6) is 0 Å². The van der Waals surface area contributed by atoms with Crippen LogP contribution in [0.25, 0.3) is 10.9 Å². The molecule has 4 rings (SSSR count). The van der Waals surface area contributed by atoms with Crippen LogP contribution < -0.4 is 10.0 Å². The van der Waals surface area contributed by atoms with Crippen molar-refractivity contribution in [2.75, 3.05) is 31.1 Å². The number of para-hydroxylation sites is 1. The minimum absolute atomic E-state index is 0.0597. The molecular weight excluding hydrogens is 402 g/mol. The summed E-state index contributed by atoms with van der Waals surface area (Å²) in [5, 5.41) is 15.6. The minimum atomic E-state index is -3.87. The molecule has 1 aromatic heterocycles. The van der Waals surface area contributed by atoms with E-state index in [1.165, 1.54) is 12.1 Å². The van der Waals surface area contributed by atoms with Crippen molar-refractivity contribution in [3.05, 3.63) is 59.8 Å². The van der Waals surface area contributed by atoms with Gasteiger partial charge in [0.2, 0.25) is 15.9 Å². The van der Waals surface area contributed by atoms with Crippen molar-refractivity contribution >= 4 is 32.5 Å². The number of benzene rings is 2. The topological polar surface area (TPSA) is 123 Å². The zero-order valence-electron chi connectivity index (χ0n) is 16.2. The van der Waals surface area contributed by atoms with E-state index in [2.05, 4.69) is 4.98 Å². The zero-order valence-corrected chi connectivity index (χ0v) is 17.0. The highest BCUT2D eigenvalue weighted by Gasteiger charge is 2.24. The Balaban J connectivity index is 1.44. The van der Waals surface area contributed by atoms with Crippen LogP contribution in [0.3, 0.4) is 0 Å². The largest absolute Gasteiger partial charge is 0.367 e. The maximum atomic E-state index is 12.8. The lowest BCUT2D eigenvalue weighted by atomic mass is 10.1. The van der Waals surface area contributed by atoms with Crippen molar-refractivity contribution in [3.63, 3.8) is 0 Å². The Bertz CT molecular complexity index is 1250. The lowest BCUT2D eigenvalue weighted by molar-refractivity contribution is -0.130. The Morgan fingerprint density at radius 3 is 2.57 bits per heavy atom. The monoisotopic (exact) mass is 423 g/mol. The minimum Gasteiger partial charge on any atom is -0.367 e. The maximum absolute atomic E-state index is 12.8.